The Kier molecular flexibility index (Phi) is 3.80. The van der Waals surface area contributed by atoms with Crippen molar-refractivity contribution in [2.45, 2.75) is 37.8 Å². The number of hydrogen-bond donors (Lipinski definition) is 3. The number of piperidine rings is 1. The maximum atomic E-state index is 12.4. The highest BCUT2D eigenvalue weighted by Gasteiger charge is 2.36. The van der Waals surface area contributed by atoms with Gasteiger partial charge < -0.3 is 16.4 Å². The van der Waals surface area contributed by atoms with Gasteiger partial charge in [-0.25, -0.2) is 4.98 Å². The van der Waals surface area contributed by atoms with Gasteiger partial charge in [0.2, 0.25) is 0 Å². The van der Waals surface area contributed by atoms with Crippen molar-refractivity contribution in [2.24, 2.45) is 0 Å². The van der Waals surface area contributed by atoms with Gasteiger partial charge in [-0.2, -0.15) is 0 Å². The van der Waals surface area contributed by atoms with Crippen LogP contribution in [0, 0.1) is 0 Å². The van der Waals surface area contributed by atoms with Crippen molar-refractivity contribution in [3.8, 4) is 0 Å². The maximum Gasteiger partial charge on any atom is 0.265 e. The quantitative estimate of drug-likeness (QED) is 0.778. The number of carbonyl (C=O) groups is 1. The van der Waals surface area contributed by atoms with Crippen LogP contribution in [-0.2, 0) is 0 Å². The predicted molar refractivity (Wildman–Crippen MR) is 81.2 cm³/mol. The monoisotopic (exact) mass is 295 g/mol. The first-order valence-electron chi connectivity index (χ1n) is 7.18. The molecule has 6 nitrogen and oxygen atoms in total. The van der Waals surface area contributed by atoms with Gasteiger partial charge >= 0.3 is 0 Å². The lowest BCUT2D eigenvalue weighted by Crippen LogP contribution is -2.46. The van der Waals surface area contributed by atoms with Crippen molar-refractivity contribution in [1.29, 1.82) is 0 Å². The van der Waals surface area contributed by atoms with Gasteiger partial charge in [0.05, 0.1) is 0 Å². The third-order valence-corrected chi connectivity index (χ3v) is 5.33. The molecule has 1 aromatic rings. The summed E-state index contributed by atoms with van der Waals surface area (Å²) in [5, 5.41) is 6.75. The Hall–Kier alpha value is -1.34. The van der Waals surface area contributed by atoms with Crippen LogP contribution in [0.2, 0.25) is 0 Å². The van der Waals surface area contributed by atoms with Crippen LogP contribution in [0.5, 0.6) is 0 Å². The van der Waals surface area contributed by atoms with Crippen molar-refractivity contribution >= 4 is 28.2 Å². The molecule has 3 heterocycles. The van der Waals surface area contributed by atoms with E-state index in [9.17, 15) is 4.79 Å². The SMILES string of the molecule is CNc1nc(N)c(C(=O)NC2CCN3CCCCC23)s1. The smallest absolute Gasteiger partial charge is 0.265 e. The van der Waals surface area contributed by atoms with E-state index in [2.05, 4.69) is 20.5 Å². The Labute approximate surface area is 122 Å². The molecule has 2 aliphatic heterocycles. The lowest BCUT2D eigenvalue weighted by molar-refractivity contribution is 0.0920. The standard InChI is InChI=1S/C13H21N5OS/c1-15-13-17-11(14)10(20-13)12(19)16-8-5-7-18-6-3-2-4-9(8)18/h8-9H,2-7,14H2,1H3,(H,15,17)(H,16,19). The molecule has 20 heavy (non-hydrogen) atoms. The largest absolute Gasteiger partial charge is 0.382 e. The summed E-state index contributed by atoms with van der Waals surface area (Å²) < 4.78 is 0. The van der Waals surface area contributed by atoms with E-state index in [1.54, 1.807) is 7.05 Å². The van der Waals surface area contributed by atoms with E-state index in [4.69, 9.17) is 5.73 Å². The Morgan fingerprint density at radius 1 is 1.40 bits per heavy atom. The zero-order valence-electron chi connectivity index (χ0n) is 11.7. The van der Waals surface area contributed by atoms with E-state index in [1.165, 1.54) is 37.1 Å². The van der Waals surface area contributed by atoms with Crippen molar-refractivity contribution in [2.75, 3.05) is 31.2 Å². The van der Waals surface area contributed by atoms with Crippen LogP contribution in [-0.4, -0.2) is 48.0 Å². The third kappa shape index (κ3) is 2.47. The molecule has 1 aromatic heterocycles. The Morgan fingerprint density at radius 3 is 3.00 bits per heavy atom. The molecule has 110 valence electrons. The summed E-state index contributed by atoms with van der Waals surface area (Å²) in [6.45, 7) is 2.26. The number of carbonyl (C=O) groups excluding carboxylic acids is 1. The minimum Gasteiger partial charge on any atom is -0.382 e. The zero-order valence-corrected chi connectivity index (χ0v) is 12.5. The summed E-state index contributed by atoms with van der Waals surface area (Å²) in [5.41, 5.74) is 5.81. The molecule has 3 rings (SSSR count). The molecular weight excluding hydrogens is 274 g/mol. The van der Waals surface area contributed by atoms with E-state index in [0.717, 1.165) is 13.0 Å². The number of rotatable bonds is 3. The van der Waals surface area contributed by atoms with E-state index in [-0.39, 0.29) is 11.9 Å². The Morgan fingerprint density at radius 2 is 2.25 bits per heavy atom. The fraction of sp³-hybridized carbons (Fsp3) is 0.692. The molecule has 2 unspecified atom stereocenters. The van der Waals surface area contributed by atoms with Gasteiger partial charge in [0, 0.05) is 25.7 Å². The number of anilines is 2. The lowest BCUT2D eigenvalue weighted by Gasteiger charge is -2.32. The first-order chi connectivity index (χ1) is 9.69. The van der Waals surface area contributed by atoms with E-state index in [0.29, 0.717) is 21.9 Å². The average molecular weight is 295 g/mol. The molecule has 2 saturated heterocycles. The highest BCUT2D eigenvalue weighted by atomic mass is 32.1. The molecule has 0 bridgehead atoms. The highest BCUT2D eigenvalue weighted by molar-refractivity contribution is 7.18. The number of nitrogens with two attached hydrogens (primary N) is 1. The number of nitrogens with zero attached hydrogens (tertiary/aromatic N) is 2. The summed E-state index contributed by atoms with van der Waals surface area (Å²) >= 11 is 1.31. The molecular formula is C13H21N5OS. The van der Waals surface area contributed by atoms with Gasteiger partial charge in [0.1, 0.15) is 10.7 Å². The summed E-state index contributed by atoms with van der Waals surface area (Å²) in [5.74, 6) is 0.231. The molecule has 2 fully saturated rings. The Balaban J connectivity index is 1.68. The molecule has 0 saturated carbocycles. The van der Waals surface area contributed by atoms with Crippen LogP contribution >= 0.6 is 11.3 Å². The van der Waals surface area contributed by atoms with Crippen molar-refractivity contribution < 1.29 is 4.79 Å². The molecule has 2 atom stereocenters. The second kappa shape index (κ2) is 5.57. The summed E-state index contributed by atoms with van der Waals surface area (Å²) in [6.07, 6.45) is 4.77. The topological polar surface area (TPSA) is 83.3 Å². The van der Waals surface area contributed by atoms with Crippen LogP contribution in [0.15, 0.2) is 0 Å². The Bertz CT molecular complexity index is 503. The summed E-state index contributed by atoms with van der Waals surface area (Å²) in [4.78, 5) is 19.5. The molecule has 0 aromatic carbocycles. The maximum absolute atomic E-state index is 12.4. The second-order valence-electron chi connectivity index (χ2n) is 5.45. The number of fused-ring (bicyclic) bond motifs is 1. The van der Waals surface area contributed by atoms with Crippen LogP contribution in [0.25, 0.3) is 0 Å². The first kappa shape index (κ1) is 13.6. The predicted octanol–water partition coefficient (Wildman–Crippen LogP) is 1.12. The summed E-state index contributed by atoms with van der Waals surface area (Å²) in [6, 6.07) is 0.757. The minimum absolute atomic E-state index is 0.0843. The molecule has 1 amide bonds. The van der Waals surface area contributed by atoms with Crippen LogP contribution in [0.4, 0.5) is 10.9 Å². The average Bonchev–Trinajstić information content (AvgIpc) is 3.03. The van der Waals surface area contributed by atoms with Crippen molar-refractivity contribution in [1.82, 2.24) is 15.2 Å². The third-order valence-electron chi connectivity index (χ3n) is 4.25. The number of thiazole rings is 1. The van der Waals surface area contributed by atoms with Crippen molar-refractivity contribution in [3.63, 3.8) is 0 Å². The number of hydrogen-bond acceptors (Lipinski definition) is 6. The van der Waals surface area contributed by atoms with Crippen LogP contribution in [0.1, 0.15) is 35.4 Å². The molecule has 0 spiro atoms. The van der Waals surface area contributed by atoms with Gasteiger partial charge in [-0.05, 0) is 25.8 Å². The van der Waals surface area contributed by atoms with Gasteiger partial charge in [-0.1, -0.05) is 17.8 Å². The minimum atomic E-state index is -0.0843. The van der Waals surface area contributed by atoms with Gasteiger partial charge in [0.15, 0.2) is 5.13 Å². The van der Waals surface area contributed by atoms with Crippen LogP contribution < -0.4 is 16.4 Å². The van der Waals surface area contributed by atoms with E-state index in [1.807, 2.05) is 0 Å². The molecule has 7 heteroatoms. The highest BCUT2D eigenvalue weighted by Crippen LogP contribution is 2.29. The number of amides is 1. The van der Waals surface area contributed by atoms with Crippen LogP contribution in [0.3, 0.4) is 0 Å². The number of nitrogens with one attached hydrogen (secondary N) is 2. The molecule has 2 aliphatic rings. The van der Waals surface area contributed by atoms with E-state index >= 15 is 0 Å². The fourth-order valence-electron chi connectivity index (χ4n) is 3.25. The van der Waals surface area contributed by atoms with Gasteiger partial charge in [-0.15, -0.1) is 0 Å². The molecule has 0 aliphatic carbocycles. The first-order valence-corrected chi connectivity index (χ1v) is 7.99. The second-order valence-corrected chi connectivity index (χ2v) is 6.45. The van der Waals surface area contributed by atoms with Gasteiger partial charge in [-0.3, -0.25) is 9.69 Å². The van der Waals surface area contributed by atoms with Crippen molar-refractivity contribution in [3.05, 3.63) is 4.88 Å². The normalized spacial score (nSPS) is 26.2. The lowest BCUT2D eigenvalue weighted by atomic mass is 9.99. The fourth-order valence-corrected chi connectivity index (χ4v) is 3.99. The van der Waals surface area contributed by atoms with Gasteiger partial charge in [0.25, 0.3) is 5.91 Å². The number of aromatic nitrogens is 1. The summed E-state index contributed by atoms with van der Waals surface area (Å²) in [7, 11) is 1.77. The number of nitrogen functional groups attached to an aromatic ring is 1. The molecule has 4 N–H and O–H groups in total. The van der Waals surface area contributed by atoms with E-state index < -0.39 is 0 Å². The molecule has 0 radical (unpaired) electrons. The zero-order chi connectivity index (χ0) is 14.1.